The molecule has 2 N–H and O–H groups in total. The van der Waals surface area contributed by atoms with Gasteiger partial charge in [0.05, 0.1) is 12.1 Å². The van der Waals surface area contributed by atoms with Gasteiger partial charge in [-0.1, -0.05) is 6.42 Å². The van der Waals surface area contributed by atoms with E-state index in [0.29, 0.717) is 25.7 Å². The Balaban J connectivity index is 1.94. The minimum absolute atomic E-state index is 0.0523. The number of hydrogen-bond donors (Lipinski definition) is 1. The van der Waals surface area contributed by atoms with Crippen LogP contribution in [0, 0.1) is 5.92 Å². The average Bonchev–Trinajstić information content (AvgIpc) is 2.72. The molecule has 0 aliphatic heterocycles. The Bertz CT molecular complexity index is 427. The van der Waals surface area contributed by atoms with E-state index in [1.54, 1.807) is 10.9 Å². The van der Waals surface area contributed by atoms with Crippen LogP contribution < -0.4 is 5.73 Å². The molecule has 0 bridgehead atoms. The van der Waals surface area contributed by atoms with Crippen molar-refractivity contribution < 1.29 is 13.2 Å². The zero-order chi connectivity index (χ0) is 14.1. The lowest BCUT2D eigenvalue weighted by Crippen LogP contribution is -2.47. The Kier molecular flexibility index (Phi) is 3.90. The molecule has 2 rings (SSSR count). The van der Waals surface area contributed by atoms with Gasteiger partial charge in [0.15, 0.2) is 0 Å². The first-order valence-electron chi connectivity index (χ1n) is 6.62. The third-order valence-corrected chi connectivity index (χ3v) is 4.01. The van der Waals surface area contributed by atoms with Crippen molar-refractivity contribution in [3.8, 4) is 0 Å². The van der Waals surface area contributed by atoms with Gasteiger partial charge in [0.1, 0.15) is 0 Å². The first-order chi connectivity index (χ1) is 8.78. The van der Waals surface area contributed by atoms with Crippen LogP contribution in [0.25, 0.3) is 0 Å². The molecule has 1 aliphatic carbocycles. The van der Waals surface area contributed by atoms with E-state index in [1.165, 1.54) is 0 Å². The highest BCUT2D eigenvalue weighted by Gasteiger charge is 2.45. The van der Waals surface area contributed by atoms with Gasteiger partial charge in [-0.15, -0.1) is 0 Å². The molecule has 0 amide bonds. The summed E-state index contributed by atoms with van der Waals surface area (Å²) < 4.78 is 40.0. The highest BCUT2D eigenvalue weighted by molar-refractivity contribution is 5.06. The summed E-state index contributed by atoms with van der Waals surface area (Å²) in [7, 11) is 1.82. The normalized spacial score (nSPS) is 28.6. The second kappa shape index (κ2) is 5.15. The average molecular weight is 275 g/mol. The van der Waals surface area contributed by atoms with Crippen LogP contribution in [0.4, 0.5) is 13.2 Å². The molecule has 1 fully saturated rings. The number of halogens is 3. The first kappa shape index (κ1) is 14.4. The lowest BCUT2D eigenvalue weighted by Gasteiger charge is -2.38. The Hall–Kier alpha value is -1.04. The van der Waals surface area contributed by atoms with E-state index in [4.69, 9.17) is 5.73 Å². The predicted molar refractivity (Wildman–Crippen MR) is 66.5 cm³/mol. The maximum Gasteiger partial charge on any atom is 0.391 e. The molecule has 108 valence electrons. The van der Waals surface area contributed by atoms with Crippen molar-refractivity contribution in [1.29, 1.82) is 0 Å². The van der Waals surface area contributed by atoms with Crippen molar-refractivity contribution in [3.63, 3.8) is 0 Å². The smallest absolute Gasteiger partial charge is 0.325 e. The van der Waals surface area contributed by atoms with Gasteiger partial charge < -0.3 is 5.73 Å². The summed E-state index contributed by atoms with van der Waals surface area (Å²) in [5.74, 6) is -1.24. The SMILES string of the molecule is Cn1cc(CCC2(N)CCCC(C(F)(F)F)C2)cn1. The van der Waals surface area contributed by atoms with Crippen LogP contribution in [0.15, 0.2) is 12.4 Å². The molecule has 1 aromatic heterocycles. The number of aromatic nitrogens is 2. The van der Waals surface area contributed by atoms with Gasteiger partial charge in [0.2, 0.25) is 0 Å². The molecular weight excluding hydrogens is 255 g/mol. The Labute approximate surface area is 111 Å². The van der Waals surface area contributed by atoms with Gasteiger partial charge in [0.25, 0.3) is 0 Å². The quantitative estimate of drug-likeness (QED) is 0.921. The fourth-order valence-corrected chi connectivity index (χ4v) is 2.90. The van der Waals surface area contributed by atoms with Crippen LogP contribution in [0.3, 0.4) is 0 Å². The molecule has 1 aromatic rings. The topological polar surface area (TPSA) is 43.8 Å². The summed E-state index contributed by atoms with van der Waals surface area (Å²) in [5.41, 5.74) is 6.52. The maximum absolute atomic E-state index is 12.8. The fraction of sp³-hybridized carbons (Fsp3) is 0.769. The maximum atomic E-state index is 12.8. The zero-order valence-corrected chi connectivity index (χ0v) is 11.1. The number of nitrogens with zero attached hydrogens (tertiary/aromatic N) is 2. The zero-order valence-electron chi connectivity index (χ0n) is 11.1. The molecular formula is C13H20F3N3. The van der Waals surface area contributed by atoms with E-state index in [2.05, 4.69) is 5.10 Å². The first-order valence-corrected chi connectivity index (χ1v) is 6.62. The van der Waals surface area contributed by atoms with Crippen LogP contribution in [0.5, 0.6) is 0 Å². The molecule has 0 spiro atoms. The van der Waals surface area contributed by atoms with E-state index < -0.39 is 17.6 Å². The Morgan fingerprint density at radius 1 is 1.53 bits per heavy atom. The summed E-state index contributed by atoms with van der Waals surface area (Å²) in [6.45, 7) is 0. The number of alkyl halides is 3. The Morgan fingerprint density at radius 3 is 2.84 bits per heavy atom. The van der Waals surface area contributed by atoms with Gasteiger partial charge in [-0.25, -0.2) is 0 Å². The summed E-state index contributed by atoms with van der Waals surface area (Å²) in [5, 5.41) is 4.05. The Morgan fingerprint density at radius 2 is 2.26 bits per heavy atom. The monoisotopic (exact) mass is 275 g/mol. The van der Waals surface area contributed by atoms with Gasteiger partial charge in [-0.2, -0.15) is 18.3 Å². The molecule has 2 atom stereocenters. The molecule has 0 saturated heterocycles. The molecule has 1 aliphatic rings. The molecule has 1 heterocycles. The van der Waals surface area contributed by atoms with Crippen LogP contribution in [-0.4, -0.2) is 21.5 Å². The van der Waals surface area contributed by atoms with Crippen molar-refractivity contribution in [2.75, 3.05) is 0 Å². The molecule has 3 nitrogen and oxygen atoms in total. The largest absolute Gasteiger partial charge is 0.391 e. The molecule has 2 unspecified atom stereocenters. The van der Waals surface area contributed by atoms with Crippen molar-refractivity contribution in [2.45, 2.75) is 50.2 Å². The van der Waals surface area contributed by atoms with Gasteiger partial charge in [-0.3, -0.25) is 4.68 Å². The van der Waals surface area contributed by atoms with E-state index in [0.717, 1.165) is 5.56 Å². The minimum Gasteiger partial charge on any atom is -0.325 e. The predicted octanol–water partition coefficient (Wildman–Crippen LogP) is 2.80. The number of rotatable bonds is 3. The second-order valence-corrected chi connectivity index (χ2v) is 5.72. The number of hydrogen-bond acceptors (Lipinski definition) is 2. The van der Waals surface area contributed by atoms with Crippen LogP contribution in [-0.2, 0) is 13.5 Å². The van der Waals surface area contributed by atoms with Crippen LogP contribution >= 0.6 is 0 Å². The van der Waals surface area contributed by atoms with E-state index in [1.807, 2.05) is 13.2 Å². The van der Waals surface area contributed by atoms with Crippen LogP contribution in [0.2, 0.25) is 0 Å². The molecule has 19 heavy (non-hydrogen) atoms. The minimum atomic E-state index is -4.11. The fourth-order valence-electron chi connectivity index (χ4n) is 2.90. The molecule has 0 aromatic carbocycles. The van der Waals surface area contributed by atoms with Gasteiger partial charge in [-0.05, 0) is 37.7 Å². The molecule has 1 saturated carbocycles. The molecule has 0 radical (unpaired) electrons. The van der Waals surface area contributed by atoms with Gasteiger partial charge >= 0.3 is 6.18 Å². The van der Waals surface area contributed by atoms with Crippen molar-refractivity contribution in [3.05, 3.63) is 18.0 Å². The second-order valence-electron chi connectivity index (χ2n) is 5.72. The highest BCUT2D eigenvalue weighted by atomic mass is 19.4. The number of nitrogens with two attached hydrogens (primary N) is 1. The lowest BCUT2D eigenvalue weighted by molar-refractivity contribution is -0.187. The standard InChI is InChI=1S/C13H20F3N3/c1-19-9-10(8-18-19)4-6-12(17)5-2-3-11(7-12)13(14,15)16/h8-9,11H,2-7,17H2,1H3. The summed E-state index contributed by atoms with van der Waals surface area (Å²) in [6.07, 6.45) is 2.31. The lowest BCUT2D eigenvalue weighted by atomic mass is 9.73. The summed E-state index contributed by atoms with van der Waals surface area (Å²) in [6, 6.07) is 0. The van der Waals surface area contributed by atoms with Crippen molar-refractivity contribution >= 4 is 0 Å². The van der Waals surface area contributed by atoms with Gasteiger partial charge in [0, 0.05) is 18.8 Å². The molecule has 6 heteroatoms. The highest BCUT2D eigenvalue weighted by Crippen LogP contribution is 2.42. The van der Waals surface area contributed by atoms with Crippen LogP contribution in [0.1, 0.15) is 37.7 Å². The number of aryl methyl sites for hydroxylation is 2. The van der Waals surface area contributed by atoms with E-state index in [-0.39, 0.29) is 12.8 Å². The third-order valence-electron chi connectivity index (χ3n) is 4.01. The van der Waals surface area contributed by atoms with Crippen molar-refractivity contribution in [2.24, 2.45) is 18.7 Å². The van der Waals surface area contributed by atoms with E-state index >= 15 is 0 Å². The van der Waals surface area contributed by atoms with Crippen molar-refractivity contribution in [1.82, 2.24) is 9.78 Å². The van der Waals surface area contributed by atoms with E-state index in [9.17, 15) is 13.2 Å². The summed E-state index contributed by atoms with van der Waals surface area (Å²) >= 11 is 0. The summed E-state index contributed by atoms with van der Waals surface area (Å²) in [4.78, 5) is 0. The third kappa shape index (κ3) is 3.72.